The number of sulfonamides is 1. The standard InChI is InChI=1S/C24H26Cl3NO5S/c1-24(2,17-13-19(26)23(20(27)14-17)32-11-4-10-25)16-5-7-18(8-6-16)33-21-9-12-31-22(21)15-28-34(3,29)30/h5-9,12-14,28H,4,10-11,15H2,1-3H3. The number of halogens is 3. The molecule has 0 aliphatic rings. The number of nitrogens with one attached hydrogen (secondary N) is 1. The SMILES string of the molecule is CC(C)(c1ccc(Oc2ccoc2CNS(C)(=O)=O)cc1)c1cc(Cl)c(OCCCCl)c(Cl)c1. The summed E-state index contributed by atoms with van der Waals surface area (Å²) in [7, 11) is -3.35. The molecule has 0 unspecified atom stereocenters. The molecule has 0 saturated carbocycles. The van der Waals surface area contributed by atoms with Crippen LogP contribution in [0.25, 0.3) is 0 Å². The molecule has 0 saturated heterocycles. The minimum Gasteiger partial charge on any atom is -0.490 e. The molecule has 0 spiro atoms. The lowest BCUT2D eigenvalue weighted by Gasteiger charge is -2.27. The van der Waals surface area contributed by atoms with Gasteiger partial charge in [0, 0.05) is 17.4 Å². The van der Waals surface area contributed by atoms with Gasteiger partial charge in [-0.05, 0) is 41.8 Å². The Morgan fingerprint density at radius 2 is 1.68 bits per heavy atom. The normalized spacial score (nSPS) is 12.1. The van der Waals surface area contributed by atoms with E-state index >= 15 is 0 Å². The Morgan fingerprint density at radius 1 is 1.03 bits per heavy atom. The highest BCUT2D eigenvalue weighted by molar-refractivity contribution is 7.88. The molecule has 3 aromatic rings. The van der Waals surface area contributed by atoms with E-state index in [1.165, 1.54) is 6.26 Å². The van der Waals surface area contributed by atoms with Gasteiger partial charge in [0.1, 0.15) is 5.75 Å². The van der Waals surface area contributed by atoms with Crippen LogP contribution in [0.3, 0.4) is 0 Å². The summed E-state index contributed by atoms with van der Waals surface area (Å²) in [4.78, 5) is 0. The lowest BCUT2D eigenvalue weighted by atomic mass is 9.78. The van der Waals surface area contributed by atoms with Crippen LogP contribution in [0.5, 0.6) is 17.2 Å². The zero-order chi connectivity index (χ0) is 24.9. The van der Waals surface area contributed by atoms with Crippen molar-refractivity contribution in [2.75, 3.05) is 18.7 Å². The van der Waals surface area contributed by atoms with Crippen molar-refractivity contribution in [3.63, 3.8) is 0 Å². The molecule has 0 aliphatic heterocycles. The molecule has 1 N–H and O–H groups in total. The highest BCUT2D eigenvalue weighted by Gasteiger charge is 2.26. The van der Waals surface area contributed by atoms with Crippen molar-refractivity contribution in [3.8, 4) is 17.2 Å². The Bertz CT molecular complexity index is 1200. The summed E-state index contributed by atoms with van der Waals surface area (Å²) in [6.07, 6.45) is 3.23. The molecule has 0 radical (unpaired) electrons. The second kappa shape index (κ2) is 11.2. The molecular weight excluding hydrogens is 521 g/mol. The van der Waals surface area contributed by atoms with Crippen LogP contribution in [0.15, 0.2) is 53.1 Å². The van der Waals surface area contributed by atoms with Gasteiger partial charge >= 0.3 is 0 Å². The van der Waals surface area contributed by atoms with Gasteiger partial charge in [-0.25, -0.2) is 13.1 Å². The molecular formula is C24H26Cl3NO5S. The first-order chi connectivity index (χ1) is 16.0. The van der Waals surface area contributed by atoms with Crippen molar-refractivity contribution >= 4 is 44.8 Å². The molecule has 1 aromatic heterocycles. The van der Waals surface area contributed by atoms with Crippen molar-refractivity contribution in [1.82, 2.24) is 4.72 Å². The topological polar surface area (TPSA) is 77.8 Å². The van der Waals surface area contributed by atoms with E-state index in [1.54, 1.807) is 6.07 Å². The number of benzene rings is 2. The maximum atomic E-state index is 11.3. The van der Waals surface area contributed by atoms with Gasteiger partial charge in [-0.3, -0.25) is 0 Å². The van der Waals surface area contributed by atoms with Crippen LogP contribution in [0.2, 0.25) is 10.0 Å². The number of alkyl halides is 1. The Labute approximate surface area is 215 Å². The van der Waals surface area contributed by atoms with Crippen LogP contribution in [0.1, 0.15) is 37.2 Å². The van der Waals surface area contributed by atoms with E-state index in [9.17, 15) is 8.42 Å². The predicted octanol–water partition coefficient (Wildman–Crippen LogP) is 6.76. The Hall–Kier alpha value is -1.90. The summed E-state index contributed by atoms with van der Waals surface area (Å²) >= 11 is 18.6. The van der Waals surface area contributed by atoms with Crippen molar-refractivity contribution in [2.45, 2.75) is 32.2 Å². The third-order valence-electron chi connectivity index (χ3n) is 5.25. The molecule has 3 rings (SSSR count). The third-order valence-corrected chi connectivity index (χ3v) is 6.75. The smallest absolute Gasteiger partial charge is 0.209 e. The maximum Gasteiger partial charge on any atom is 0.209 e. The first-order valence-electron chi connectivity index (χ1n) is 10.5. The number of hydrogen-bond donors (Lipinski definition) is 1. The van der Waals surface area contributed by atoms with Crippen molar-refractivity contribution in [2.24, 2.45) is 0 Å². The third kappa shape index (κ3) is 6.83. The summed E-state index contributed by atoms with van der Waals surface area (Å²) in [5, 5.41) is 0.889. The van der Waals surface area contributed by atoms with Crippen molar-refractivity contribution < 1.29 is 22.3 Å². The van der Waals surface area contributed by atoms with E-state index in [0.717, 1.165) is 17.4 Å². The quantitative estimate of drug-likeness (QED) is 0.212. The van der Waals surface area contributed by atoms with E-state index in [0.29, 0.717) is 52.0 Å². The Morgan fingerprint density at radius 3 is 2.26 bits per heavy atom. The number of ether oxygens (including phenoxy) is 2. The van der Waals surface area contributed by atoms with Gasteiger partial charge in [0.25, 0.3) is 0 Å². The Balaban J connectivity index is 1.76. The minimum atomic E-state index is -3.35. The molecule has 0 atom stereocenters. The average molecular weight is 547 g/mol. The van der Waals surface area contributed by atoms with Gasteiger partial charge in [0.05, 0.1) is 35.7 Å². The van der Waals surface area contributed by atoms with Gasteiger partial charge in [0.15, 0.2) is 17.3 Å². The summed E-state index contributed by atoms with van der Waals surface area (Å²) < 4.78 is 42.0. The van der Waals surface area contributed by atoms with Crippen LogP contribution >= 0.6 is 34.8 Å². The number of rotatable bonds is 11. The monoisotopic (exact) mass is 545 g/mol. The van der Waals surface area contributed by atoms with E-state index in [1.807, 2.05) is 36.4 Å². The zero-order valence-corrected chi connectivity index (χ0v) is 22.1. The van der Waals surface area contributed by atoms with E-state index < -0.39 is 15.4 Å². The number of hydrogen-bond acceptors (Lipinski definition) is 5. The summed E-state index contributed by atoms with van der Waals surface area (Å²) in [6.45, 7) is 4.59. The van der Waals surface area contributed by atoms with Crippen LogP contribution in [-0.4, -0.2) is 27.2 Å². The fraction of sp³-hybridized carbons (Fsp3) is 0.333. The fourth-order valence-electron chi connectivity index (χ4n) is 3.27. The number of furan rings is 1. The van der Waals surface area contributed by atoms with Gasteiger partial charge < -0.3 is 13.9 Å². The van der Waals surface area contributed by atoms with Crippen LogP contribution in [0.4, 0.5) is 0 Å². The Kier molecular flexibility index (Phi) is 8.82. The molecule has 10 heteroatoms. The van der Waals surface area contributed by atoms with Crippen LogP contribution in [0, 0.1) is 0 Å². The van der Waals surface area contributed by atoms with Crippen molar-refractivity contribution in [1.29, 1.82) is 0 Å². The molecule has 0 amide bonds. The molecule has 0 bridgehead atoms. The molecule has 0 aliphatic carbocycles. The summed E-state index contributed by atoms with van der Waals surface area (Å²) in [5.41, 5.74) is 1.56. The summed E-state index contributed by atoms with van der Waals surface area (Å²) in [5.74, 6) is 2.36. The van der Waals surface area contributed by atoms with Gasteiger partial charge in [-0.2, -0.15) is 0 Å². The molecule has 184 valence electrons. The van der Waals surface area contributed by atoms with Gasteiger partial charge in [-0.1, -0.05) is 49.2 Å². The minimum absolute atomic E-state index is 0.000609. The lowest BCUT2D eigenvalue weighted by Crippen LogP contribution is -2.21. The molecule has 0 fully saturated rings. The summed E-state index contributed by atoms with van der Waals surface area (Å²) in [6, 6.07) is 12.9. The molecule has 2 aromatic carbocycles. The highest BCUT2D eigenvalue weighted by atomic mass is 35.5. The second-order valence-corrected chi connectivity index (χ2v) is 11.2. The lowest BCUT2D eigenvalue weighted by molar-refractivity contribution is 0.318. The van der Waals surface area contributed by atoms with Crippen LogP contribution < -0.4 is 14.2 Å². The fourth-order valence-corrected chi connectivity index (χ4v) is 4.36. The van der Waals surface area contributed by atoms with Crippen molar-refractivity contribution in [3.05, 3.63) is 75.7 Å². The second-order valence-electron chi connectivity index (χ2n) is 8.21. The van der Waals surface area contributed by atoms with E-state index in [2.05, 4.69) is 18.6 Å². The predicted molar refractivity (Wildman–Crippen MR) is 136 cm³/mol. The average Bonchev–Trinajstić information content (AvgIpc) is 3.21. The van der Waals surface area contributed by atoms with E-state index in [-0.39, 0.29) is 6.54 Å². The molecule has 1 heterocycles. The first-order valence-corrected chi connectivity index (χ1v) is 13.7. The van der Waals surface area contributed by atoms with Gasteiger partial charge in [0.2, 0.25) is 10.0 Å². The van der Waals surface area contributed by atoms with E-state index in [4.69, 9.17) is 48.7 Å². The van der Waals surface area contributed by atoms with Gasteiger partial charge in [-0.15, -0.1) is 11.6 Å². The zero-order valence-electron chi connectivity index (χ0n) is 19.0. The largest absolute Gasteiger partial charge is 0.490 e. The first kappa shape index (κ1) is 26.7. The van der Waals surface area contributed by atoms with Crippen LogP contribution in [-0.2, 0) is 22.0 Å². The molecule has 6 nitrogen and oxygen atoms in total. The highest BCUT2D eigenvalue weighted by Crippen LogP contribution is 2.41. The maximum absolute atomic E-state index is 11.3. The molecule has 34 heavy (non-hydrogen) atoms.